The van der Waals surface area contributed by atoms with Crippen molar-refractivity contribution in [1.82, 2.24) is 0 Å². The molecule has 0 radical (unpaired) electrons. The van der Waals surface area contributed by atoms with Crippen LogP contribution in [0.3, 0.4) is 0 Å². The molecule has 0 heterocycles. The Bertz CT molecular complexity index is 217. The molecule has 0 saturated heterocycles. The maximum absolute atomic E-state index is 3.79. The molecule has 1 rings (SSSR count). The maximum Gasteiger partial charge on any atom is 0.0305 e. The molecule has 0 amide bonds. The maximum atomic E-state index is 3.79. The molecular weight excluding hydrogens is 464 g/mol. The molecule has 1 aliphatic carbocycles. The van der Waals surface area contributed by atoms with Gasteiger partial charge in [0.05, 0.1) is 0 Å². The first kappa shape index (κ1) is 15.7. The molecule has 0 bridgehead atoms. The zero-order valence-corrected chi connectivity index (χ0v) is 15.6. The Morgan fingerprint density at radius 1 is 0.688 bits per heavy atom. The van der Waals surface area contributed by atoms with Crippen molar-refractivity contribution in [1.29, 1.82) is 0 Å². The van der Waals surface area contributed by atoms with Crippen molar-refractivity contribution in [2.24, 2.45) is 0 Å². The Hall–Kier alpha value is 1.66. The van der Waals surface area contributed by atoms with Crippen LogP contribution >= 0.6 is 63.7 Å². The van der Waals surface area contributed by atoms with Crippen LogP contribution in [0.5, 0.6) is 0 Å². The van der Waals surface area contributed by atoms with E-state index in [0.717, 1.165) is 6.42 Å². The fourth-order valence-electron chi connectivity index (χ4n) is 1.78. The fraction of sp³-hybridized carbons (Fsp3) is 0.833. The Morgan fingerprint density at radius 3 is 1.94 bits per heavy atom. The smallest absolute Gasteiger partial charge is 0.0305 e. The summed E-state index contributed by atoms with van der Waals surface area (Å²) < 4.78 is 0. The van der Waals surface area contributed by atoms with Gasteiger partial charge in [-0.15, -0.1) is 0 Å². The number of halogens is 4. The molecule has 0 aromatic rings. The van der Waals surface area contributed by atoms with E-state index in [0.29, 0.717) is 19.3 Å². The van der Waals surface area contributed by atoms with Gasteiger partial charge in [0, 0.05) is 19.3 Å². The van der Waals surface area contributed by atoms with Crippen LogP contribution in [0.15, 0.2) is 12.2 Å². The van der Waals surface area contributed by atoms with Crippen LogP contribution in [0.4, 0.5) is 0 Å². The molecule has 0 spiro atoms. The molecule has 16 heavy (non-hydrogen) atoms. The minimum absolute atomic E-state index is 0.552. The van der Waals surface area contributed by atoms with E-state index in [2.05, 4.69) is 75.9 Å². The van der Waals surface area contributed by atoms with Crippen LogP contribution in [0.2, 0.25) is 0 Å². The second-order valence-electron chi connectivity index (χ2n) is 4.28. The minimum atomic E-state index is 0.552. The van der Waals surface area contributed by atoms with Gasteiger partial charge in [0.1, 0.15) is 0 Å². The number of rotatable bonds is 0. The molecule has 0 unspecified atom stereocenters. The van der Waals surface area contributed by atoms with Crippen LogP contribution < -0.4 is 0 Å². The lowest BCUT2D eigenvalue weighted by molar-refractivity contribution is 0.614. The summed E-state index contributed by atoms with van der Waals surface area (Å²) in [5, 5.41) is 0. The summed E-state index contributed by atoms with van der Waals surface area (Å²) in [6.45, 7) is 0. The van der Waals surface area contributed by atoms with Crippen molar-refractivity contribution >= 4 is 63.7 Å². The summed E-state index contributed by atoms with van der Waals surface area (Å²) in [6.07, 6.45) is 11.9. The first-order valence-corrected chi connectivity index (χ1v) is 9.49. The summed E-state index contributed by atoms with van der Waals surface area (Å²) in [6, 6.07) is 0. The molecule has 0 N–H and O–H groups in total. The molecule has 1 aliphatic rings. The summed E-state index contributed by atoms with van der Waals surface area (Å²) in [4.78, 5) is 2.32. The third-order valence-corrected chi connectivity index (χ3v) is 8.60. The third kappa shape index (κ3) is 6.01. The predicted molar refractivity (Wildman–Crippen MR) is 87.7 cm³/mol. The van der Waals surface area contributed by atoms with Gasteiger partial charge in [-0.3, -0.25) is 0 Å². The van der Waals surface area contributed by atoms with Crippen molar-refractivity contribution in [2.45, 2.75) is 57.8 Å². The zero-order valence-electron chi connectivity index (χ0n) is 9.22. The topological polar surface area (TPSA) is 0 Å². The van der Waals surface area contributed by atoms with Crippen molar-refractivity contribution in [3.63, 3.8) is 0 Å². The van der Waals surface area contributed by atoms with E-state index in [4.69, 9.17) is 0 Å². The number of hydrogen-bond donors (Lipinski definition) is 0. The second kappa shape index (κ2) is 8.71. The Labute approximate surface area is 133 Å². The molecular formula is C12H18Br4. The third-order valence-electron chi connectivity index (χ3n) is 2.88. The first-order chi connectivity index (χ1) is 7.61. The van der Waals surface area contributed by atoms with Gasteiger partial charge >= 0.3 is 0 Å². The Balaban J connectivity index is 2.52. The first-order valence-electron chi connectivity index (χ1n) is 5.82. The summed E-state index contributed by atoms with van der Waals surface area (Å²) in [7, 11) is 0. The SMILES string of the molecule is Br[C@@H]1C/C=C/CCC[C@@H](Br)[C@@H](Br)CC[C@@H]1Br. The monoisotopic (exact) mass is 478 g/mol. The Morgan fingerprint density at radius 2 is 1.25 bits per heavy atom. The van der Waals surface area contributed by atoms with E-state index in [1.165, 1.54) is 32.1 Å². The van der Waals surface area contributed by atoms with E-state index in [-0.39, 0.29) is 0 Å². The van der Waals surface area contributed by atoms with E-state index < -0.39 is 0 Å². The van der Waals surface area contributed by atoms with Crippen LogP contribution in [0, 0.1) is 0 Å². The van der Waals surface area contributed by atoms with Gasteiger partial charge in [-0.2, -0.15) is 0 Å². The van der Waals surface area contributed by atoms with Crippen molar-refractivity contribution in [3.8, 4) is 0 Å². The number of alkyl halides is 4. The zero-order chi connectivity index (χ0) is 12.0. The highest BCUT2D eigenvalue weighted by molar-refractivity contribution is 9.12. The van der Waals surface area contributed by atoms with Gasteiger partial charge in [0.2, 0.25) is 0 Å². The van der Waals surface area contributed by atoms with Crippen molar-refractivity contribution < 1.29 is 0 Å². The Kier molecular flexibility index (Phi) is 8.55. The fourth-order valence-corrected chi connectivity index (χ4v) is 3.86. The normalized spacial score (nSPS) is 40.8. The van der Waals surface area contributed by atoms with E-state index in [9.17, 15) is 0 Å². The van der Waals surface area contributed by atoms with Crippen molar-refractivity contribution in [3.05, 3.63) is 12.2 Å². The lowest BCUT2D eigenvalue weighted by Gasteiger charge is -2.21. The minimum Gasteiger partial charge on any atom is -0.0885 e. The average Bonchev–Trinajstić information content (AvgIpc) is 2.27. The summed E-state index contributed by atoms with van der Waals surface area (Å²) in [5.74, 6) is 0. The average molecular weight is 482 g/mol. The highest BCUT2D eigenvalue weighted by Crippen LogP contribution is 2.29. The highest BCUT2D eigenvalue weighted by atomic mass is 79.9. The standard InChI is InChI=1S/C12H18Br4/c13-9-5-3-1-2-4-6-10(14)12(16)8-7-11(9)15/h1,3,9-12H,2,4-8H2/b3-1+/t9-,10-,11+,12+/m1/s1. The molecule has 0 aliphatic heterocycles. The highest BCUT2D eigenvalue weighted by Gasteiger charge is 2.20. The van der Waals surface area contributed by atoms with Crippen molar-refractivity contribution in [2.75, 3.05) is 0 Å². The summed E-state index contributed by atoms with van der Waals surface area (Å²) in [5.41, 5.74) is 0. The van der Waals surface area contributed by atoms with Crippen LogP contribution in [-0.4, -0.2) is 19.3 Å². The van der Waals surface area contributed by atoms with Gasteiger partial charge in [0.15, 0.2) is 0 Å². The van der Waals surface area contributed by atoms with Gasteiger partial charge in [0.25, 0.3) is 0 Å². The van der Waals surface area contributed by atoms with E-state index >= 15 is 0 Å². The molecule has 4 atom stereocenters. The number of hydrogen-bond acceptors (Lipinski definition) is 0. The molecule has 0 saturated carbocycles. The molecule has 0 aromatic heterocycles. The molecule has 0 aromatic carbocycles. The van der Waals surface area contributed by atoms with Gasteiger partial charge in [-0.1, -0.05) is 75.9 Å². The molecule has 0 nitrogen and oxygen atoms in total. The molecule has 94 valence electrons. The van der Waals surface area contributed by atoms with Crippen LogP contribution in [-0.2, 0) is 0 Å². The lowest BCUT2D eigenvalue weighted by Crippen LogP contribution is -2.19. The van der Waals surface area contributed by atoms with E-state index in [1.807, 2.05) is 0 Å². The van der Waals surface area contributed by atoms with Gasteiger partial charge in [-0.25, -0.2) is 0 Å². The largest absolute Gasteiger partial charge is 0.0885 e. The summed E-state index contributed by atoms with van der Waals surface area (Å²) >= 11 is 15.1. The second-order valence-corrected chi connectivity index (χ2v) is 8.98. The van der Waals surface area contributed by atoms with Gasteiger partial charge < -0.3 is 0 Å². The number of allylic oxidation sites excluding steroid dienone is 2. The van der Waals surface area contributed by atoms with Crippen LogP contribution in [0.25, 0.3) is 0 Å². The quantitative estimate of drug-likeness (QED) is 0.296. The van der Waals surface area contributed by atoms with Crippen LogP contribution in [0.1, 0.15) is 38.5 Å². The molecule has 0 fully saturated rings. The van der Waals surface area contributed by atoms with Gasteiger partial charge in [-0.05, 0) is 38.5 Å². The van der Waals surface area contributed by atoms with E-state index in [1.54, 1.807) is 0 Å². The lowest BCUT2D eigenvalue weighted by atomic mass is 10.0. The molecule has 4 heteroatoms. The predicted octanol–water partition coefficient (Wildman–Crippen LogP) is 5.95.